The molecule has 1 aliphatic rings. The highest BCUT2D eigenvalue weighted by atomic mass is 35.5. The molecule has 4 heteroatoms. The minimum absolute atomic E-state index is 0.222. The summed E-state index contributed by atoms with van der Waals surface area (Å²) in [6.45, 7) is 11.8. The van der Waals surface area contributed by atoms with Gasteiger partial charge in [-0.3, -0.25) is 4.99 Å². The van der Waals surface area contributed by atoms with Gasteiger partial charge < -0.3 is 4.57 Å². The highest BCUT2D eigenvalue weighted by Crippen LogP contribution is 2.31. The molecule has 1 aromatic carbocycles. The fourth-order valence-corrected chi connectivity index (χ4v) is 3.31. The lowest BCUT2D eigenvalue weighted by Crippen LogP contribution is -2.06. The lowest BCUT2D eigenvalue weighted by atomic mass is 9.86. The summed E-state index contributed by atoms with van der Waals surface area (Å²) in [7, 11) is 0. The molecule has 0 aliphatic carbocycles. The van der Waals surface area contributed by atoms with Crippen molar-refractivity contribution < 1.29 is 0 Å². The van der Waals surface area contributed by atoms with E-state index in [1.54, 1.807) is 0 Å². The highest BCUT2D eigenvalue weighted by molar-refractivity contribution is 6.16. The summed E-state index contributed by atoms with van der Waals surface area (Å²) in [4.78, 5) is 8.88. The Hall–Kier alpha value is -1.87. The van der Waals surface area contributed by atoms with Gasteiger partial charge in [-0.15, -0.1) is 11.6 Å². The molecule has 24 heavy (non-hydrogen) atoms. The predicted octanol–water partition coefficient (Wildman–Crippen LogP) is 5.58. The third-order valence-electron chi connectivity index (χ3n) is 4.18. The number of fused-ring (bicyclic) bond motifs is 1. The SMILES string of the molecule is C=C(CC(C)(C)C)c1ccc2nc(CCl)n(CC3=CN=CC3)c2c1. The largest absolute Gasteiger partial charge is 0.323 e. The van der Waals surface area contributed by atoms with Crippen LogP contribution in [0.3, 0.4) is 0 Å². The smallest absolute Gasteiger partial charge is 0.125 e. The van der Waals surface area contributed by atoms with Crippen molar-refractivity contribution in [3.05, 3.63) is 47.9 Å². The zero-order valence-electron chi connectivity index (χ0n) is 14.6. The molecular weight excluding hydrogens is 318 g/mol. The van der Waals surface area contributed by atoms with Gasteiger partial charge in [0.05, 0.1) is 16.9 Å². The molecule has 0 spiro atoms. The van der Waals surface area contributed by atoms with Gasteiger partial charge in [0, 0.05) is 25.4 Å². The number of aromatic nitrogens is 2. The summed E-state index contributed by atoms with van der Waals surface area (Å²) in [5, 5.41) is 0. The van der Waals surface area contributed by atoms with Crippen LogP contribution in [0.25, 0.3) is 16.6 Å². The molecule has 1 aliphatic heterocycles. The summed E-state index contributed by atoms with van der Waals surface area (Å²) >= 11 is 6.13. The fourth-order valence-electron chi connectivity index (χ4n) is 3.10. The minimum Gasteiger partial charge on any atom is -0.323 e. The Bertz CT molecular complexity index is 834. The number of halogens is 1. The van der Waals surface area contributed by atoms with Crippen LogP contribution in [0.2, 0.25) is 0 Å². The molecular formula is C20H24ClN3. The van der Waals surface area contributed by atoms with Crippen LogP contribution < -0.4 is 0 Å². The van der Waals surface area contributed by atoms with Crippen LogP contribution in [0.15, 0.2) is 41.5 Å². The van der Waals surface area contributed by atoms with Crippen molar-refractivity contribution >= 4 is 34.4 Å². The molecule has 0 unspecified atom stereocenters. The Balaban J connectivity index is 1.99. The third-order valence-corrected chi connectivity index (χ3v) is 4.42. The summed E-state index contributed by atoms with van der Waals surface area (Å²) in [5.74, 6) is 1.30. The highest BCUT2D eigenvalue weighted by Gasteiger charge is 2.16. The van der Waals surface area contributed by atoms with Crippen molar-refractivity contribution in [2.45, 2.75) is 46.0 Å². The fraction of sp³-hybridized carbons (Fsp3) is 0.400. The number of aliphatic imine (C=N–C) groups is 1. The Morgan fingerprint density at radius 2 is 2.12 bits per heavy atom. The maximum Gasteiger partial charge on any atom is 0.125 e. The first kappa shape index (κ1) is 17.0. The summed E-state index contributed by atoms with van der Waals surface area (Å²) < 4.78 is 2.21. The number of allylic oxidation sites excluding steroid dienone is 2. The number of imidazole rings is 1. The lowest BCUT2D eigenvalue weighted by molar-refractivity contribution is 0.427. The molecule has 3 nitrogen and oxygen atoms in total. The van der Waals surface area contributed by atoms with Crippen LogP contribution in [0.5, 0.6) is 0 Å². The van der Waals surface area contributed by atoms with Gasteiger partial charge in [-0.2, -0.15) is 0 Å². The number of hydrogen-bond donors (Lipinski definition) is 0. The van der Waals surface area contributed by atoms with Crippen molar-refractivity contribution in [3.8, 4) is 0 Å². The molecule has 0 amide bonds. The summed E-state index contributed by atoms with van der Waals surface area (Å²) in [6, 6.07) is 6.39. The van der Waals surface area contributed by atoms with Crippen LogP contribution in [0.4, 0.5) is 0 Å². The Kier molecular flexibility index (Phi) is 4.64. The number of benzene rings is 1. The molecule has 3 rings (SSSR count). The number of rotatable bonds is 5. The zero-order valence-corrected chi connectivity index (χ0v) is 15.4. The number of nitrogens with zero attached hydrogens (tertiary/aromatic N) is 3. The van der Waals surface area contributed by atoms with Crippen molar-refractivity contribution in [2.75, 3.05) is 0 Å². The topological polar surface area (TPSA) is 30.2 Å². The van der Waals surface area contributed by atoms with Crippen molar-refractivity contribution in [2.24, 2.45) is 10.4 Å². The van der Waals surface area contributed by atoms with Crippen LogP contribution in [0, 0.1) is 5.41 Å². The van der Waals surface area contributed by atoms with Crippen LogP contribution >= 0.6 is 11.6 Å². The normalized spacial score (nSPS) is 14.4. The second kappa shape index (κ2) is 6.56. The Morgan fingerprint density at radius 3 is 2.75 bits per heavy atom. The van der Waals surface area contributed by atoms with Gasteiger partial charge in [0.15, 0.2) is 0 Å². The van der Waals surface area contributed by atoms with E-state index in [4.69, 9.17) is 11.6 Å². The Labute approximate surface area is 148 Å². The average molecular weight is 342 g/mol. The summed E-state index contributed by atoms with van der Waals surface area (Å²) in [5.41, 5.74) is 5.94. The average Bonchev–Trinajstić information content (AvgIpc) is 3.13. The van der Waals surface area contributed by atoms with Crippen LogP contribution in [0.1, 0.15) is 45.0 Å². The van der Waals surface area contributed by atoms with Crippen LogP contribution in [-0.4, -0.2) is 15.8 Å². The molecule has 2 heterocycles. The van der Waals surface area contributed by atoms with Gasteiger partial charge >= 0.3 is 0 Å². The molecule has 0 N–H and O–H groups in total. The van der Waals surface area contributed by atoms with Crippen molar-refractivity contribution in [3.63, 3.8) is 0 Å². The molecule has 0 fully saturated rings. The second-order valence-electron chi connectivity index (χ2n) is 7.62. The molecule has 1 aromatic heterocycles. The number of hydrogen-bond acceptors (Lipinski definition) is 2. The van der Waals surface area contributed by atoms with Gasteiger partial charge in [-0.1, -0.05) is 33.4 Å². The maximum absolute atomic E-state index is 6.13. The number of alkyl halides is 1. The van der Waals surface area contributed by atoms with Crippen LogP contribution in [-0.2, 0) is 12.4 Å². The molecule has 126 valence electrons. The quantitative estimate of drug-likeness (QED) is 0.652. The van der Waals surface area contributed by atoms with Crippen molar-refractivity contribution in [1.82, 2.24) is 9.55 Å². The first-order valence-corrected chi connectivity index (χ1v) is 8.84. The molecule has 0 saturated heterocycles. The van der Waals surface area contributed by atoms with E-state index in [0.717, 1.165) is 41.8 Å². The van der Waals surface area contributed by atoms with Gasteiger partial charge in [0.1, 0.15) is 5.82 Å². The molecule has 2 aromatic rings. The van der Waals surface area contributed by atoms with Gasteiger partial charge in [0.2, 0.25) is 0 Å². The van der Waals surface area contributed by atoms with Gasteiger partial charge in [-0.05, 0) is 40.7 Å². The molecule has 0 radical (unpaired) electrons. The zero-order chi connectivity index (χ0) is 17.3. The first-order valence-electron chi connectivity index (χ1n) is 8.30. The molecule has 0 saturated carbocycles. The second-order valence-corrected chi connectivity index (χ2v) is 7.88. The summed E-state index contributed by atoms with van der Waals surface area (Å²) in [6.07, 6.45) is 5.74. The standard InChI is InChI=1S/C20H24ClN3/c1-14(10-20(2,3)4)16-5-6-17-18(9-16)24(19(11-21)23-17)13-15-7-8-22-12-15/h5-6,8-9,12H,1,7,10-11,13H2,2-4H3. The lowest BCUT2D eigenvalue weighted by Gasteiger charge is -2.20. The van der Waals surface area contributed by atoms with Gasteiger partial charge in [-0.25, -0.2) is 4.98 Å². The first-order chi connectivity index (χ1) is 11.4. The third kappa shape index (κ3) is 3.62. The molecule has 0 atom stereocenters. The van der Waals surface area contributed by atoms with Gasteiger partial charge in [0.25, 0.3) is 0 Å². The van der Waals surface area contributed by atoms with E-state index in [0.29, 0.717) is 5.88 Å². The van der Waals surface area contributed by atoms with E-state index in [2.05, 4.69) is 60.1 Å². The monoisotopic (exact) mass is 341 g/mol. The van der Waals surface area contributed by atoms with E-state index in [9.17, 15) is 0 Å². The van der Waals surface area contributed by atoms with Crippen molar-refractivity contribution in [1.29, 1.82) is 0 Å². The van der Waals surface area contributed by atoms with E-state index >= 15 is 0 Å². The van der Waals surface area contributed by atoms with E-state index in [1.165, 1.54) is 11.1 Å². The van der Waals surface area contributed by atoms with E-state index < -0.39 is 0 Å². The predicted molar refractivity (Wildman–Crippen MR) is 104 cm³/mol. The minimum atomic E-state index is 0.222. The van der Waals surface area contributed by atoms with E-state index in [-0.39, 0.29) is 5.41 Å². The Morgan fingerprint density at radius 1 is 1.33 bits per heavy atom. The molecule has 0 bridgehead atoms. The maximum atomic E-state index is 6.13. The van der Waals surface area contributed by atoms with E-state index in [1.807, 2.05) is 12.4 Å².